The lowest BCUT2D eigenvalue weighted by Gasteiger charge is -2.18. The number of benzene rings is 1. The fraction of sp³-hybridized carbons (Fsp3) is 0.429. The Morgan fingerprint density at radius 3 is 2.52 bits per heavy atom. The first kappa shape index (κ1) is 24.7. The minimum atomic E-state index is -1.08. The maximum atomic E-state index is 12.8. The van der Waals surface area contributed by atoms with Gasteiger partial charge >= 0.3 is 5.97 Å². The first-order chi connectivity index (χ1) is 14.7. The number of hydrogen-bond acceptors (Lipinski definition) is 7. The molecule has 1 aromatic carbocycles. The zero-order valence-electron chi connectivity index (χ0n) is 17.8. The summed E-state index contributed by atoms with van der Waals surface area (Å²) in [7, 11) is 3.07. The van der Waals surface area contributed by atoms with Crippen LogP contribution in [0.25, 0.3) is 6.08 Å². The molecule has 1 saturated heterocycles. The van der Waals surface area contributed by atoms with Crippen molar-refractivity contribution in [3.63, 3.8) is 0 Å². The van der Waals surface area contributed by atoms with Crippen LogP contribution in [0.3, 0.4) is 0 Å². The lowest BCUT2D eigenvalue weighted by atomic mass is 10.0. The Bertz CT molecular complexity index is 900. The van der Waals surface area contributed by atoms with E-state index in [0.29, 0.717) is 27.1 Å². The van der Waals surface area contributed by atoms with Crippen molar-refractivity contribution in [3.8, 4) is 11.5 Å². The molecule has 1 atom stereocenters. The zero-order chi connectivity index (χ0) is 23.1. The first-order valence-electron chi connectivity index (χ1n) is 9.65. The van der Waals surface area contributed by atoms with Crippen molar-refractivity contribution in [2.75, 3.05) is 20.8 Å². The van der Waals surface area contributed by atoms with Crippen LogP contribution < -0.4 is 14.8 Å². The fourth-order valence-corrected chi connectivity index (χ4v) is 4.27. The van der Waals surface area contributed by atoms with Crippen LogP contribution in [-0.4, -0.2) is 58.9 Å². The van der Waals surface area contributed by atoms with Gasteiger partial charge in [0.05, 0.1) is 19.1 Å². The summed E-state index contributed by atoms with van der Waals surface area (Å²) >= 11 is 6.44. The predicted molar refractivity (Wildman–Crippen MR) is 123 cm³/mol. The molecule has 0 radical (unpaired) electrons. The van der Waals surface area contributed by atoms with Crippen LogP contribution in [0, 0.1) is 5.92 Å². The van der Waals surface area contributed by atoms with Gasteiger partial charge < -0.3 is 19.9 Å². The van der Waals surface area contributed by atoms with Crippen LogP contribution in [0.4, 0.5) is 0 Å². The predicted octanol–water partition coefficient (Wildman–Crippen LogP) is 2.91. The number of ether oxygens (including phenoxy) is 2. The molecule has 1 fully saturated rings. The number of aliphatic carboxylic acids is 1. The van der Waals surface area contributed by atoms with Crippen LogP contribution in [-0.2, 0) is 14.4 Å². The van der Waals surface area contributed by atoms with Gasteiger partial charge in [0.25, 0.3) is 5.91 Å². The zero-order valence-corrected chi connectivity index (χ0v) is 19.5. The fourth-order valence-electron chi connectivity index (χ4n) is 2.96. The second-order valence-electron chi connectivity index (χ2n) is 7.29. The second kappa shape index (κ2) is 11.1. The van der Waals surface area contributed by atoms with Gasteiger partial charge in [0.15, 0.2) is 11.5 Å². The third kappa shape index (κ3) is 6.70. The monoisotopic (exact) mass is 466 g/mol. The number of carboxylic acids is 1. The van der Waals surface area contributed by atoms with Crippen molar-refractivity contribution < 1.29 is 29.0 Å². The number of carbonyl (C=O) groups excluding carboxylic acids is 2. The van der Waals surface area contributed by atoms with Gasteiger partial charge in [-0.3, -0.25) is 14.5 Å². The molecule has 31 heavy (non-hydrogen) atoms. The Morgan fingerprint density at radius 1 is 1.26 bits per heavy atom. The van der Waals surface area contributed by atoms with Gasteiger partial charge in [-0.05, 0) is 36.1 Å². The van der Waals surface area contributed by atoms with E-state index >= 15 is 0 Å². The van der Waals surface area contributed by atoms with E-state index in [1.54, 1.807) is 31.4 Å². The third-order valence-corrected chi connectivity index (χ3v) is 5.86. The minimum Gasteiger partial charge on any atom is -0.493 e. The highest BCUT2D eigenvalue weighted by Crippen LogP contribution is 2.34. The second-order valence-corrected chi connectivity index (χ2v) is 8.96. The third-order valence-electron chi connectivity index (χ3n) is 4.48. The molecule has 0 spiro atoms. The van der Waals surface area contributed by atoms with Gasteiger partial charge in [-0.1, -0.05) is 43.9 Å². The molecule has 0 aliphatic carbocycles. The molecule has 1 unspecified atom stereocenters. The Kier molecular flexibility index (Phi) is 8.88. The number of nitrogens with one attached hydrogen (secondary N) is 1. The van der Waals surface area contributed by atoms with Crippen LogP contribution in [0.15, 0.2) is 23.1 Å². The van der Waals surface area contributed by atoms with E-state index in [1.165, 1.54) is 12.0 Å². The summed E-state index contributed by atoms with van der Waals surface area (Å²) in [5, 5.41) is 11.8. The van der Waals surface area contributed by atoms with Gasteiger partial charge in [0, 0.05) is 13.0 Å². The molecule has 1 heterocycles. The molecule has 1 aliphatic heterocycles. The summed E-state index contributed by atoms with van der Waals surface area (Å²) < 4.78 is 10.8. The number of hydrogen-bond donors (Lipinski definition) is 2. The van der Waals surface area contributed by atoms with E-state index in [4.69, 9.17) is 21.7 Å². The number of thioether (sulfide) groups is 1. The largest absolute Gasteiger partial charge is 0.493 e. The Labute approximate surface area is 191 Å². The summed E-state index contributed by atoms with van der Waals surface area (Å²) in [6.07, 6.45) is 1.98. The standard InChI is InChI=1S/C21H26N2O6S2/c1-12(2)9-14(20(26)27)22-18(24)7-8-23-19(25)17(31-21(23)30)11-13-5-6-15(28-3)16(10-13)29-4/h5-6,10-12,14H,7-9H2,1-4H3,(H,22,24)(H,26,27). The number of nitrogens with zero attached hydrogens (tertiary/aromatic N) is 1. The molecule has 2 amide bonds. The van der Waals surface area contributed by atoms with E-state index in [2.05, 4.69) is 5.32 Å². The Hall–Kier alpha value is -2.59. The molecule has 168 valence electrons. The maximum Gasteiger partial charge on any atom is 0.326 e. The molecular formula is C21H26N2O6S2. The van der Waals surface area contributed by atoms with Crippen molar-refractivity contribution >= 4 is 52.2 Å². The topological polar surface area (TPSA) is 105 Å². The summed E-state index contributed by atoms with van der Waals surface area (Å²) in [4.78, 5) is 38.1. The number of rotatable bonds is 10. The number of carboxylic acid groups (broad SMARTS) is 1. The highest BCUT2D eigenvalue weighted by atomic mass is 32.2. The molecule has 1 aliphatic rings. The lowest BCUT2D eigenvalue weighted by molar-refractivity contribution is -0.142. The number of amides is 2. The van der Waals surface area contributed by atoms with Gasteiger partial charge in [-0.15, -0.1) is 0 Å². The average molecular weight is 467 g/mol. The number of methoxy groups -OCH3 is 2. The molecule has 1 aromatic rings. The van der Waals surface area contributed by atoms with Gasteiger partial charge in [-0.2, -0.15) is 0 Å². The highest BCUT2D eigenvalue weighted by molar-refractivity contribution is 8.26. The molecule has 10 heteroatoms. The van der Waals surface area contributed by atoms with E-state index in [-0.39, 0.29) is 24.8 Å². The maximum absolute atomic E-state index is 12.8. The highest BCUT2D eigenvalue weighted by Gasteiger charge is 2.32. The van der Waals surface area contributed by atoms with Crippen LogP contribution in [0.5, 0.6) is 11.5 Å². The lowest BCUT2D eigenvalue weighted by Crippen LogP contribution is -2.43. The van der Waals surface area contributed by atoms with Crippen LogP contribution >= 0.6 is 24.0 Å². The van der Waals surface area contributed by atoms with Gasteiger partial charge in [-0.25, -0.2) is 4.79 Å². The summed E-state index contributed by atoms with van der Waals surface area (Å²) in [6, 6.07) is 4.33. The smallest absolute Gasteiger partial charge is 0.326 e. The molecule has 0 bridgehead atoms. The Morgan fingerprint density at radius 2 is 1.94 bits per heavy atom. The van der Waals surface area contributed by atoms with E-state index in [1.807, 2.05) is 13.8 Å². The average Bonchev–Trinajstić information content (AvgIpc) is 2.97. The van der Waals surface area contributed by atoms with Gasteiger partial charge in [0.1, 0.15) is 10.4 Å². The Balaban J connectivity index is 2.03. The van der Waals surface area contributed by atoms with Crippen molar-refractivity contribution in [2.24, 2.45) is 5.92 Å². The molecule has 8 nitrogen and oxygen atoms in total. The van der Waals surface area contributed by atoms with E-state index in [9.17, 15) is 19.5 Å². The normalized spacial score (nSPS) is 16.0. The molecule has 2 rings (SSSR count). The molecular weight excluding hydrogens is 440 g/mol. The van der Waals surface area contributed by atoms with Crippen molar-refractivity contribution in [1.82, 2.24) is 10.2 Å². The van der Waals surface area contributed by atoms with Crippen molar-refractivity contribution in [1.29, 1.82) is 0 Å². The van der Waals surface area contributed by atoms with Crippen LogP contribution in [0.2, 0.25) is 0 Å². The van der Waals surface area contributed by atoms with Crippen molar-refractivity contribution in [2.45, 2.75) is 32.7 Å². The summed E-state index contributed by atoms with van der Waals surface area (Å²) in [5.41, 5.74) is 0.744. The number of carbonyl (C=O) groups is 3. The molecule has 2 N–H and O–H groups in total. The SMILES string of the molecule is COc1ccc(C=C2SC(=S)N(CCC(=O)NC(CC(C)C)C(=O)O)C2=O)cc1OC. The van der Waals surface area contributed by atoms with Crippen molar-refractivity contribution in [3.05, 3.63) is 28.7 Å². The minimum absolute atomic E-state index is 0.0437. The van der Waals surface area contributed by atoms with Crippen LogP contribution in [0.1, 0.15) is 32.3 Å². The molecule has 0 saturated carbocycles. The van der Waals surface area contributed by atoms with E-state index in [0.717, 1.165) is 17.3 Å². The van der Waals surface area contributed by atoms with Gasteiger partial charge in [0.2, 0.25) is 5.91 Å². The van der Waals surface area contributed by atoms with E-state index < -0.39 is 17.9 Å². The quantitative estimate of drug-likeness (QED) is 0.401. The first-order valence-corrected chi connectivity index (χ1v) is 10.9. The summed E-state index contributed by atoms with van der Waals surface area (Å²) in [5.74, 6) is -0.575. The summed E-state index contributed by atoms with van der Waals surface area (Å²) in [6.45, 7) is 3.84. The molecule has 0 aromatic heterocycles. The number of thiocarbonyl (C=S) groups is 1.